The van der Waals surface area contributed by atoms with Crippen LogP contribution in [0.25, 0.3) is 0 Å². The van der Waals surface area contributed by atoms with Gasteiger partial charge < -0.3 is 9.47 Å². The molecule has 3 nitrogen and oxygen atoms in total. The fourth-order valence-electron chi connectivity index (χ4n) is 6.38. The van der Waals surface area contributed by atoms with E-state index in [9.17, 15) is 4.79 Å². The van der Waals surface area contributed by atoms with Gasteiger partial charge in [-0.15, -0.1) is 6.58 Å². The van der Waals surface area contributed by atoms with E-state index in [1.807, 2.05) is 6.08 Å². The zero-order valence-corrected chi connectivity index (χ0v) is 20.9. The molecule has 0 saturated heterocycles. The van der Waals surface area contributed by atoms with E-state index >= 15 is 0 Å². The van der Waals surface area contributed by atoms with Gasteiger partial charge in [0, 0.05) is 0 Å². The van der Waals surface area contributed by atoms with E-state index in [4.69, 9.17) is 9.47 Å². The summed E-state index contributed by atoms with van der Waals surface area (Å²) in [5.74, 6) is 2.92. The molecule has 0 spiro atoms. The van der Waals surface area contributed by atoms with E-state index in [-0.39, 0.29) is 18.0 Å². The van der Waals surface area contributed by atoms with Gasteiger partial charge in [0.25, 0.3) is 0 Å². The lowest BCUT2D eigenvalue weighted by molar-refractivity contribution is -0.157. The first-order chi connectivity index (χ1) is 15.7. The average molecular weight is 447 g/mol. The maximum Gasteiger partial charge on any atom is 0.309 e. The summed E-state index contributed by atoms with van der Waals surface area (Å²) < 4.78 is 11.9. The maximum absolute atomic E-state index is 12.6. The summed E-state index contributed by atoms with van der Waals surface area (Å²) in [6.07, 6.45) is 24.9. The van der Waals surface area contributed by atoms with Crippen molar-refractivity contribution in [2.45, 2.75) is 135 Å². The number of ether oxygens (including phenoxy) is 2. The Bertz CT molecular complexity index is 521. The average Bonchev–Trinajstić information content (AvgIpc) is 2.84. The highest BCUT2D eigenvalue weighted by molar-refractivity contribution is 5.72. The second-order valence-electron chi connectivity index (χ2n) is 11.1. The molecular formula is C29H50O3. The molecule has 0 aliphatic heterocycles. The van der Waals surface area contributed by atoms with Gasteiger partial charge >= 0.3 is 5.97 Å². The lowest BCUT2D eigenvalue weighted by atomic mass is 9.79. The smallest absolute Gasteiger partial charge is 0.309 e. The first kappa shape index (κ1) is 25.8. The molecule has 3 aliphatic rings. The van der Waals surface area contributed by atoms with Gasteiger partial charge in [-0.3, -0.25) is 4.79 Å². The highest BCUT2D eigenvalue weighted by Crippen LogP contribution is 2.35. The van der Waals surface area contributed by atoms with E-state index in [2.05, 4.69) is 13.5 Å². The minimum absolute atomic E-state index is 0.118. The third-order valence-corrected chi connectivity index (χ3v) is 8.78. The van der Waals surface area contributed by atoms with Crippen LogP contribution in [0.5, 0.6) is 0 Å². The fourth-order valence-corrected chi connectivity index (χ4v) is 6.38. The predicted molar refractivity (Wildman–Crippen MR) is 133 cm³/mol. The number of unbranched alkanes of at least 4 members (excludes halogenated alkanes) is 1. The topological polar surface area (TPSA) is 35.5 Å². The highest BCUT2D eigenvalue weighted by atomic mass is 16.5. The number of hydrogen-bond acceptors (Lipinski definition) is 3. The molecule has 184 valence electrons. The van der Waals surface area contributed by atoms with Crippen LogP contribution in [0.1, 0.15) is 122 Å². The molecule has 0 heterocycles. The Hall–Kier alpha value is -0.830. The van der Waals surface area contributed by atoms with E-state index in [0.717, 1.165) is 56.5 Å². The molecule has 0 aromatic rings. The van der Waals surface area contributed by atoms with Gasteiger partial charge in [0.15, 0.2) is 0 Å². The molecule has 0 bridgehead atoms. The van der Waals surface area contributed by atoms with E-state index in [0.29, 0.717) is 6.10 Å². The third kappa shape index (κ3) is 8.84. The first-order valence-corrected chi connectivity index (χ1v) is 14.1. The molecule has 0 amide bonds. The van der Waals surface area contributed by atoms with Gasteiger partial charge in [-0.25, -0.2) is 0 Å². The SMILES string of the molecule is C=CCCOC1CCC(CCCCC2CCC(C(=O)OC3CCC(CC)CC3)CC2)CC1. The Morgan fingerprint density at radius 2 is 1.31 bits per heavy atom. The molecule has 0 atom stereocenters. The van der Waals surface area contributed by atoms with Gasteiger partial charge in [0.1, 0.15) is 6.10 Å². The minimum Gasteiger partial charge on any atom is -0.462 e. The summed E-state index contributed by atoms with van der Waals surface area (Å²) in [4.78, 5) is 12.6. The van der Waals surface area contributed by atoms with Crippen molar-refractivity contribution in [3.8, 4) is 0 Å². The molecule has 32 heavy (non-hydrogen) atoms. The van der Waals surface area contributed by atoms with Crippen LogP contribution < -0.4 is 0 Å². The second kappa shape index (κ2) is 14.4. The van der Waals surface area contributed by atoms with E-state index < -0.39 is 0 Å². The van der Waals surface area contributed by atoms with Gasteiger partial charge in [0.2, 0.25) is 0 Å². The quantitative estimate of drug-likeness (QED) is 0.173. The minimum atomic E-state index is 0.118. The summed E-state index contributed by atoms with van der Waals surface area (Å²) in [5.41, 5.74) is 0. The van der Waals surface area contributed by atoms with Crippen LogP contribution in [0.2, 0.25) is 0 Å². The zero-order valence-electron chi connectivity index (χ0n) is 20.9. The molecule has 3 saturated carbocycles. The Morgan fingerprint density at radius 3 is 1.88 bits per heavy atom. The van der Waals surface area contributed by atoms with Gasteiger partial charge in [0.05, 0.1) is 18.6 Å². The second-order valence-corrected chi connectivity index (χ2v) is 11.1. The van der Waals surface area contributed by atoms with Crippen molar-refractivity contribution in [2.24, 2.45) is 23.7 Å². The van der Waals surface area contributed by atoms with Crippen LogP contribution in [-0.2, 0) is 14.3 Å². The van der Waals surface area contributed by atoms with Gasteiger partial charge in [-0.05, 0) is 101 Å². The summed E-state index contributed by atoms with van der Waals surface area (Å²) in [7, 11) is 0. The summed E-state index contributed by atoms with van der Waals surface area (Å²) >= 11 is 0. The van der Waals surface area contributed by atoms with Crippen molar-refractivity contribution >= 4 is 5.97 Å². The number of hydrogen-bond donors (Lipinski definition) is 0. The first-order valence-electron chi connectivity index (χ1n) is 14.1. The number of esters is 1. The molecular weight excluding hydrogens is 396 g/mol. The Labute approximate surface area is 198 Å². The van der Waals surface area contributed by atoms with Crippen LogP contribution in [0.4, 0.5) is 0 Å². The summed E-state index contributed by atoms with van der Waals surface area (Å²) in [5, 5.41) is 0. The van der Waals surface area contributed by atoms with Crippen molar-refractivity contribution in [3.63, 3.8) is 0 Å². The fraction of sp³-hybridized carbons (Fsp3) is 0.897. The number of carbonyl (C=O) groups is 1. The lowest BCUT2D eigenvalue weighted by Gasteiger charge is -2.31. The van der Waals surface area contributed by atoms with Crippen LogP contribution >= 0.6 is 0 Å². The molecule has 0 aromatic heterocycles. The van der Waals surface area contributed by atoms with Crippen LogP contribution in [-0.4, -0.2) is 24.8 Å². The highest BCUT2D eigenvalue weighted by Gasteiger charge is 2.30. The largest absolute Gasteiger partial charge is 0.462 e. The van der Waals surface area contributed by atoms with Gasteiger partial charge in [-0.2, -0.15) is 0 Å². The molecule has 0 aromatic carbocycles. The van der Waals surface area contributed by atoms with Crippen molar-refractivity contribution < 1.29 is 14.3 Å². The molecule has 0 radical (unpaired) electrons. The molecule has 3 rings (SSSR count). The molecule has 3 aliphatic carbocycles. The van der Waals surface area contributed by atoms with Crippen molar-refractivity contribution in [3.05, 3.63) is 12.7 Å². The number of carbonyl (C=O) groups excluding carboxylic acids is 1. The third-order valence-electron chi connectivity index (χ3n) is 8.78. The van der Waals surface area contributed by atoms with Crippen molar-refractivity contribution in [2.75, 3.05) is 6.61 Å². The predicted octanol–water partition coefficient (Wildman–Crippen LogP) is 8.02. The molecule has 0 N–H and O–H groups in total. The van der Waals surface area contributed by atoms with Gasteiger partial charge in [-0.1, -0.05) is 45.1 Å². The monoisotopic (exact) mass is 446 g/mol. The standard InChI is InChI=1S/C29H50O3/c1-3-5-22-31-27-18-14-25(15-19-27)9-7-6-8-24-10-16-26(17-11-24)29(30)32-28-20-12-23(4-2)13-21-28/h3,23-28H,1,4-22H2,2H3. The molecule has 0 unspecified atom stereocenters. The van der Waals surface area contributed by atoms with Crippen LogP contribution in [0, 0.1) is 23.7 Å². The summed E-state index contributed by atoms with van der Waals surface area (Å²) in [6, 6.07) is 0. The molecule has 3 fully saturated rings. The Kier molecular flexibility index (Phi) is 11.6. The van der Waals surface area contributed by atoms with Crippen LogP contribution in [0.3, 0.4) is 0 Å². The Balaban J connectivity index is 1.19. The lowest BCUT2D eigenvalue weighted by Crippen LogP contribution is -2.30. The Morgan fingerprint density at radius 1 is 0.781 bits per heavy atom. The zero-order chi connectivity index (χ0) is 22.6. The van der Waals surface area contributed by atoms with Crippen molar-refractivity contribution in [1.82, 2.24) is 0 Å². The van der Waals surface area contributed by atoms with Crippen molar-refractivity contribution in [1.29, 1.82) is 0 Å². The normalized spacial score (nSPS) is 33.5. The number of rotatable bonds is 12. The van der Waals surface area contributed by atoms with E-state index in [1.54, 1.807) is 0 Å². The maximum atomic E-state index is 12.6. The van der Waals surface area contributed by atoms with Crippen LogP contribution in [0.15, 0.2) is 12.7 Å². The van der Waals surface area contributed by atoms with E-state index in [1.165, 1.54) is 83.5 Å². The molecule has 3 heteroatoms. The summed E-state index contributed by atoms with van der Waals surface area (Å²) in [6.45, 7) is 6.89.